The van der Waals surface area contributed by atoms with Crippen LogP contribution in [0.1, 0.15) is 27.7 Å². The Bertz CT molecular complexity index is 622. The maximum atomic E-state index is 12.1. The molecule has 1 amide bonds. The molecule has 1 aromatic heterocycles. The summed E-state index contributed by atoms with van der Waals surface area (Å²) in [4.78, 5) is 12.1. The second kappa shape index (κ2) is 7.11. The van der Waals surface area contributed by atoms with Gasteiger partial charge in [-0.05, 0) is 39.8 Å². The number of carbonyl (C=O) groups excluding carboxylic acids is 1. The van der Waals surface area contributed by atoms with E-state index in [1.54, 1.807) is 0 Å². The van der Waals surface area contributed by atoms with E-state index in [9.17, 15) is 4.79 Å². The number of amides is 1. The number of hydrogen-bond acceptors (Lipinski definition) is 6. The van der Waals surface area contributed by atoms with Gasteiger partial charge in [0.25, 0.3) is 0 Å². The first-order valence-electron chi connectivity index (χ1n) is 6.98. The molecule has 118 valence electrons. The first kappa shape index (κ1) is 16.8. The molecule has 22 heavy (non-hydrogen) atoms. The van der Waals surface area contributed by atoms with Crippen LogP contribution in [0.2, 0.25) is 0 Å². The number of hydrogen-bond donors (Lipinski definition) is 2. The van der Waals surface area contributed by atoms with E-state index in [2.05, 4.69) is 20.8 Å². The zero-order valence-corrected chi connectivity index (χ0v) is 14.7. The van der Waals surface area contributed by atoms with Crippen LogP contribution in [0.4, 0.5) is 10.8 Å². The number of anilines is 2. The van der Waals surface area contributed by atoms with Gasteiger partial charge in [-0.1, -0.05) is 41.3 Å². The van der Waals surface area contributed by atoms with Gasteiger partial charge in [0, 0.05) is 11.2 Å². The Kier molecular flexibility index (Phi) is 5.42. The fourth-order valence-corrected chi connectivity index (χ4v) is 3.55. The summed E-state index contributed by atoms with van der Waals surface area (Å²) >= 11 is 2.86. The lowest BCUT2D eigenvalue weighted by atomic mass is 10.1. The van der Waals surface area contributed by atoms with Crippen molar-refractivity contribution in [2.24, 2.45) is 0 Å². The summed E-state index contributed by atoms with van der Waals surface area (Å²) in [5.41, 5.74) is 0.737. The van der Waals surface area contributed by atoms with Crippen molar-refractivity contribution in [3.63, 3.8) is 0 Å². The number of para-hydroxylation sites is 1. The summed E-state index contributed by atoms with van der Waals surface area (Å²) < 4.78 is 0.773. The molecule has 7 heteroatoms. The predicted molar refractivity (Wildman–Crippen MR) is 92.8 cm³/mol. The Morgan fingerprint density at radius 1 is 1.23 bits per heavy atom. The van der Waals surface area contributed by atoms with E-state index in [0.29, 0.717) is 0 Å². The maximum Gasteiger partial charge on any atom is 0.233 e. The van der Waals surface area contributed by atoms with E-state index >= 15 is 0 Å². The Morgan fingerprint density at radius 2 is 1.91 bits per heavy atom. The summed E-state index contributed by atoms with van der Waals surface area (Å²) in [6, 6.07) is 9.80. The highest BCUT2D eigenvalue weighted by atomic mass is 32.2. The molecule has 1 aromatic carbocycles. The van der Waals surface area contributed by atoms with Crippen LogP contribution in [-0.4, -0.2) is 26.9 Å². The van der Waals surface area contributed by atoms with Gasteiger partial charge in [-0.25, -0.2) is 0 Å². The van der Waals surface area contributed by atoms with Crippen LogP contribution in [0.15, 0.2) is 34.7 Å². The van der Waals surface area contributed by atoms with E-state index in [4.69, 9.17) is 0 Å². The highest BCUT2D eigenvalue weighted by Gasteiger charge is 2.21. The SMILES string of the molecule is C[C@H](Sc1nnc(Nc2ccccc2)s1)C(=O)NC(C)(C)C. The molecule has 0 unspecified atom stereocenters. The highest BCUT2D eigenvalue weighted by molar-refractivity contribution is 8.02. The van der Waals surface area contributed by atoms with Crippen molar-refractivity contribution in [1.82, 2.24) is 15.5 Å². The van der Waals surface area contributed by atoms with E-state index in [1.165, 1.54) is 23.1 Å². The third-order valence-electron chi connectivity index (χ3n) is 2.58. The zero-order chi connectivity index (χ0) is 16.2. The molecule has 0 bridgehead atoms. The molecule has 0 spiro atoms. The van der Waals surface area contributed by atoms with E-state index in [-0.39, 0.29) is 16.7 Å². The lowest BCUT2D eigenvalue weighted by molar-refractivity contribution is -0.121. The minimum Gasteiger partial charge on any atom is -0.351 e. The Morgan fingerprint density at radius 3 is 2.55 bits per heavy atom. The van der Waals surface area contributed by atoms with E-state index in [0.717, 1.165) is 15.2 Å². The standard InChI is InChI=1S/C15H20N4OS2/c1-10(12(20)17-15(2,3)4)21-14-19-18-13(22-14)16-11-8-6-5-7-9-11/h5-10H,1-4H3,(H,16,18)(H,17,20)/t10-/m0/s1. The van der Waals surface area contributed by atoms with Gasteiger partial charge in [0.05, 0.1) is 5.25 Å². The van der Waals surface area contributed by atoms with Crippen LogP contribution < -0.4 is 10.6 Å². The number of nitrogens with zero attached hydrogens (tertiary/aromatic N) is 2. The smallest absolute Gasteiger partial charge is 0.233 e. The van der Waals surface area contributed by atoms with Gasteiger partial charge < -0.3 is 10.6 Å². The van der Waals surface area contributed by atoms with Crippen molar-refractivity contribution < 1.29 is 4.79 Å². The molecule has 2 aromatic rings. The third kappa shape index (κ3) is 5.31. The Balaban J connectivity index is 1.93. The molecular weight excluding hydrogens is 316 g/mol. The molecular formula is C15H20N4OS2. The monoisotopic (exact) mass is 336 g/mol. The molecule has 0 saturated heterocycles. The molecule has 5 nitrogen and oxygen atoms in total. The molecule has 0 aliphatic heterocycles. The van der Waals surface area contributed by atoms with Crippen LogP contribution in [0.3, 0.4) is 0 Å². The maximum absolute atomic E-state index is 12.1. The number of benzene rings is 1. The molecule has 0 radical (unpaired) electrons. The first-order valence-corrected chi connectivity index (χ1v) is 8.67. The summed E-state index contributed by atoms with van der Waals surface area (Å²) in [6.07, 6.45) is 0. The molecule has 0 fully saturated rings. The van der Waals surface area contributed by atoms with Crippen molar-refractivity contribution in [2.45, 2.75) is 42.8 Å². The lowest BCUT2D eigenvalue weighted by Gasteiger charge is -2.22. The number of thioether (sulfide) groups is 1. The zero-order valence-electron chi connectivity index (χ0n) is 13.1. The van der Waals surface area contributed by atoms with Gasteiger partial charge in [-0.15, -0.1) is 10.2 Å². The van der Waals surface area contributed by atoms with Crippen LogP contribution >= 0.6 is 23.1 Å². The van der Waals surface area contributed by atoms with Crippen molar-refractivity contribution in [2.75, 3.05) is 5.32 Å². The third-order valence-corrected chi connectivity index (χ3v) is 4.60. The van der Waals surface area contributed by atoms with Crippen LogP contribution in [0.25, 0.3) is 0 Å². The summed E-state index contributed by atoms with van der Waals surface area (Å²) in [5, 5.41) is 14.9. The van der Waals surface area contributed by atoms with Gasteiger partial charge in [0.15, 0.2) is 4.34 Å². The molecule has 1 heterocycles. The van der Waals surface area contributed by atoms with Crippen molar-refractivity contribution in [3.8, 4) is 0 Å². The first-order chi connectivity index (χ1) is 10.3. The molecule has 2 rings (SSSR count). The molecule has 0 aliphatic rings. The van der Waals surface area contributed by atoms with Gasteiger partial charge in [0.1, 0.15) is 0 Å². The van der Waals surface area contributed by atoms with E-state index in [1.807, 2.05) is 58.0 Å². The van der Waals surface area contributed by atoms with Gasteiger partial charge >= 0.3 is 0 Å². The minimum absolute atomic E-state index is 0.00488. The van der Waals surface area contributed by atoms with Crippen LogP contribution in [-0.2, 0) is 4.79 Å². The number of carbonyl (C=O) groups is 1. The quantitative estimate of drug-likeness (QED) is 0.815. The summed E-state index contributed by atoms with van der Waals surface area (Å²) in [5.74, 6) is 0.00488. The van der Waals surface area contributed by atoms with Crippen molar-refractivity contribution in [3.05, 3.63) is 30.3 Å². The molecule has 0 saturated carbocycles. The van der Waals surface area contributed by atoms with Gasteiger partial charge in [-0.2, -0.15) is 0 Å². The average molecular weight is 336 g/mol. The topological polar surface area (TPSA) is 66.9 Å². The second-order valence-corrected chi connectivity index (χ2v) is 8.43. The number of aromatic nitrogens is 2. The Hall–Kier alpha value is -1.60. The second-order valence-electron chi connectivity index (χ2n) is 5.86. The van der Waals surface area contributed by atoms with Gasteiger partial charge in [0.2, 0.25) is 11.0 Å². The normalized spacial score (nSPS) is 12.7. The predicted octanol–water partition coefficient (Wildman–Crippen LogP) is 3.68. The lowest BCUT2D eigenvalue weighted by Crippen LogP contribution is -2.44. The largest absolute Gasteiger partial charge is 0.351 e. The highest BCUT2D eigenvalue weighted by Crippen LogP contribution is 2.30. The summed E-state index contributed by atoms with van der Waals surface area (Å²) in [6.45, 7) is 7.77. The molecule has 2 N–H and O–H groups in total. The Labute approximate surface area is 138 Å². The summed E-state index contributed by atoms with van der Waals surface area (Å²) in [7, 11) is 0. The number of rotatable bonds is 5. The fourth-order valence-electron chi connectivity index (χ4n) is 1.63. The van der Waals surface area contributed by atoms with E-state index < -0.39 is 0 Å². The van der Waals surface area contributed by atoms with Crippen LogP contribution in [0, 0.1) is 0 Å². The fraction of sp³-hybridized carbons (Fsp3) is 0.400. The minimum atomic E-state index is -0.229. The molecule has 0 aliphatic carbocycles. The van der Waals surface area contributed by atoms with Crippen molar-refractivity contribution in [1.29, 1.82) is 0 Å². The average Bonchev–Trinajstić information content (AvgIpc) is 2.85. The molecule has 1 atom stereocenters. The van der Waals surface area contributed by atoms with Crippen LogP contribution in [0.5, 0.6) is 0 Å². The number of nitrogens with one attached hydrogen (secondary N) is 2. The van der Waals surface area contributed by atoms with Crippen molar-refractivity contribution >= 4 is 39.8 Å². The van der Waals surface area contributed by atoms with Gasteiger partial charge in [-0.3, -0.25) is 4.79 Å².